The highest BCUT2D eigenvalue weighted by atomic mass is 35.5. The predicted molar refractivity (Wildman–Crippen MR) is 76.4 cm³/mol. The van der Waals surface area contributed by atoms with Gasteiger partial charge in [-0.25, -0.2) is 4.39 Å². The van der Waals surface area contributed by atoms with Crippen LogP contribution in [0.3, 0.4) is 0 Å². The van der Waals surface area contributed by atoms with Gasteiger partial charge in [-0.15, -0.1) is 0 Å². The van der Waals surface area contributed by atoms with E-state index in [4.69, 9.17) is 11.6 Å². The Morgan fingerprint density at radius 1 is 1.22 bits per heavy atom. The fourth-order valence-electron chi connectivity index (χ4n) is 1.90. The van der Waals surface area contributed by atoms with Crippen LogP contribution in [0.15, 0.2) is 18.2 Å². The summed E-state index contributed by atoms with van der Waals surface area (Å²) in [4.78, 5) is 0. The number of halogens is 2. The van der Waals surface area contributed by atoms with Gasteiger partial charge in [0.15, 0.2) is 0 Å². The van der Waals surface area contributed by atoms with Gasteiger partial charge in [0.25, 0.3) is 0 Å². The Hall–Kier alpha value is -0.600. The zero-order chi connectivity index (χ0) is 13.5. The summed E-state index contributed by atoms with van der Waals surface area (Å²) in [5, 5.41) is 3.63. The molecular weight excluding hydrogens is 249 g/mol. The van der Waals surface area contributed by atoms with Crippen LogP contribution in [0.2, 0.25) is 5.02 Å². The summed E-state index contributed by atoms with van der Waals surface area (Å²) < 4.78 is 13.2. The Morgan fingerprint density at radius 3 is 2.61 bits per heavy atom. The van der Waals surface area contributed by atoms with E-state index in [2.05, 4.69) is 26.1 Å². The Morgan fingerprint density at radius 2 is 1.94 bits per heavy atom. The first-order chi connectivity index (χ1) is 8.50. The molecule has 1 aromatic rings. The first-order valence-electron chi connectivity index (χ1n) is 6.67. The number of hydrogen-bond acceptors (Lipinski definition) is 1. The molecule has 0 aliphatic carbocycles. The third kappa shape index (κ3) is 5.36. The summed E-state index contributed by atoms with van der Waals surface area (Å²) in [6, 6.07) is 5.38. The third-order valence-corrected chi connectivity index (χ3v) is 3.51. The van der Waals surface area contributed by atoms with Gasteiger partial charge in [-0.05, 0) is 30.9 Å². The van der Waals surface area contributed by atoms with Gasteiger partial charge in [0.1, 0.15) is 5.82 Å². The molecule has 1 unspecified atom stereocenters. The average molecular weight is 272 g/mol. The van der Waals surface area contributed by atoms with Crippen LogP contribution in [0.1, 0.15) is 45.6 Å². The monoisotopic (exact) mass is 271 g/mol. The lowest BCUT2D eigenvalue weighted by molar-refractivity contribution is 0.456. The predicted octanol–water partition coefficient (Wildman–Crippen LogP) is 4.78. The lowest BCUT2D eigenvalue weighted by atomic mass is 10.0. The van der Waals surface area contributed by atoms with Gasteiger partial charge in [-0.2, -0.15) is 0 Å². The van der Waals surface area contributed by atoms with Crippen molar-refractivity contribution in [3.8, 4) is 0 Å². The highest BCUT2D eigenvalue weighted by molar-refractivity contribution is 6.31. The first-order valence-corrected chi connectivity index (χ1v) is 7.04. The van der Waals surface area contributed by atoms with E-state index in [0.29, 0.717) is 12.6 Å². The molecule has 1 nitrogen and oxygen atoms in total. The second kappa shape index (κ2) is 7.75. The fraction of sp³-hybridized carbons (Fsp3) is 0.600. The quantitative estimate of drug-likeness (QED) is 0.752. The standard InChI is InChI=1S/C15H23ClFN/c1-11(2)6-4-7-12(3)18-10-13-8-5-9-14(17)15(13)16/h5,8-9,11-12,18H,4,6-7,10H2,1-3H3. The van der Waals surface area contributed by atoms with Crippen molar-refractivity contribution in [2.75, 3.05) is 0 Å². The number of nitrogens with one attached hydrogen (secondary N) is 1. The summed E-state index contributed by atoms with van der Waals surface area (Å²) in [5.41, 5.74) is 0.826. The van der Waals surface area contributed by atoms with Gasteiger partial charge < -0.3 is 5.32 Å². The molecule has 1 atom stereocenters. The second-order valence-electron chi connectivity index (χ2n) is 5.32. The summed E-state index contributed by atoms with van der Waals surface area (Å²) in [6.45, 7) is 7.27. The zero-order valence-corrected chi connectivity index (χ0v) is 12.2. The minimum atomic E-state index is -0.344. The van der Waals surface area contributed by atoms with Crippen molar-refractivity contribution in [1.29, 1.82) is 0 Å². The van der Waals surface area contributed by atoms with Gasteiger partial charge in [-0.1, -0.05) is 50.4 Å². The van der Waals surface area contributed by atoms with Gasteiger partial charge in [0.05, 0.1) is 5.02 Å². The Labute approximate surface area is 115 Å². The molecule has 0 spiro atoms. The molecule has 0 amide bonds. The normalized spacial score (nSPS) is 13.0. The lowest BCUT2D eigenvalue weighted by Gasteiger charge is -2.15. The van der Waals surface area contributed by atoms with Crippen LogP contribution < -0.4 is 5.32 Å². The van der Waals surface area contributed by atoms with Gasteiger partial charge in [0, 0.05) is 12.6 Å². The lowest BCUT2D eigenvalue weighted by Crippen LogP contribution is -2.25. The largest absolute Gasteiger partial charge is 0.310 e. The van der Waals surface area contributed by atoms with E-state index in [-0.39, 0.29) is 10.8 Å². The SMILES string of the molecule is CC(C)CCCC(C)NCc1cccc(F)c1Cl. The van der Waals surface area contributed by atoms with E-state index in [1.165, 1.54) is 18.9 Å². The van der Waals surface area contributed by atoms with Crippen LogP contribution in [-0.4, -0.2) is 6.04 Å². The van der Waals surface area contributed by atoms with Crippen molar-refractivity contribution in [3.05, 3.63) is 34.6 Å². The molecule has 1 N–H and O–H groups in total. The van der Waals surface area contributed by atoms with Crippen LogP contribution in [0.5, 0.6) is 0 Å². The van der Waals surface area contributed by atoms with Crippen molar-refractivity contribution < 1.29 is 4.39 Å². The molecule has 0 aliphatic rings. The maximum Gasteiger partial charge on any atom is 0.142 e. The topological polar surface area (TPSA) is 12.0 Å². The number of hydrogen-bond donors (Lipinski definition) is 1. The van der Waals surface area contributed by atoms with E-state index < -0.39 is 0 Å². The first kappa shape index (κ1) is 15.5. The van der Waals surface area contributed by atoms with Gasteiger partial charge in [-0.3, -0.25) is 0 Å². The summed E-state index contributed by atoms with van der Waals surface area (Å²) in [6.07, 6.45) is 3.63. The minimum absolute atomic E-state index is 0.236. The molecule has 18 heavy (non-hydrogen) atoms. The molecule has 102 valence electrons. The molecular formula is C15H23ClFN. The van der Waals surface area contributed by atoms with E-state index in [1.54, 1.807) is 6.07 Å². The van der Waals surface area contributed by atoms with E-state index in [1.807, 2.05) is 6.07 Å². The molecule has 0 saturated carbocycles. The maximum atomic E-state index is 13.2. The molecule has 1 aromatic carbocycles. The van der Waals surface area contributed by atoms with Crippen molar-refractivity contribution in [2.24, 2.45) is 5.92 Å². The molecule has 0 saturated heterocycles. The van der Waals surface area contributed by atoms with E-state index in [0.717, 1.165) is 17.9 Å². The van der Waals surface area contributed by atoms with Crippen LogP contribution in [0, 0.1) is 11.7 Å². The zero-order valence-electron chi connectivity index (χ0n) is 11.5. The second-order valence-corrected chi connectivity index (χ2v) is 5.70. The molecule has 0 bridgehead atoms. The molecule has 1 rings (SSSR count). The van der Waals surface area contributed by atoms with E-state index in [9.17, 15) is 4.39 Å². The summed E-state index contributed by atoms with van der Waals surface area (Å²) in [7, 11) is 0. The average Bonchev–Trinajstić information content (AvgIpc) is 2.30. The molecule has 0 radical (unpaired) electrons. The summed E-state index contributed by atoms with van der Waals surface area (Å²) >= 11 is 5.91. The number of benzene rings is 1. The minimum Gasteiger partial charge on any atom is -0.310 e. The Kier molecular flexibility index (Phi) is 6.66. The van der Waals surface area contributed by atoms with Crippen molar-refractivity contribution >= 4 is 11.6 Å². The number of rotatable bonds is 7. The van der Waals surface area contributed by atoms with Crippen LogP contribution in [0.4, 0.5) is 4.39 Å². The smallest absolute Gasteiger partial charge is 0.142 e. The summed E-state index contributed by atoms with van der Waals surface area (Å²) in [5.74, 6) is 0.415. The highest BCUT2D eigenvalue weighted by Gasteiger charge is 2.07. The fourth-order valence-corrected chi connectivity index (χ4v) is 2.10. The van der Waals surface area contributed by atoms with E-state index >= 15 is 0 Å². The molecule has 0 heterocycles. The van der Waals surface area contributed by atoms with Gasteiger partial charge >= 0.3 is 0 Å². The molecule has 0 aliphatic heterocycles. The third-order valence-electron chi connectivity index (χ3n) is 3.09. The Balaban J connectivity index is 2.33. The van der Waals surface area contributed by atoms with Crippen LogP contribution in [0.25, 0.3) is 0 Å². The molecule has 0 fully saturated rings. The highest BCUT2D eigenvalue weighted by Crippen LogP contribution is 2.19. The molecule has 3 heteroatoms. The Bertz CT molecular complexity index is 366. The van der Waals surface area contributed by atoms with Gasteiger partial charge in [0.2, 0.25) is 0 Å². The maximum absolute atomic E-state index is 13.2. The molecule has 0 aromatic heterocycles. The van der Waals surface area contributed by atoms with Crippen LogP contribution in [-0.2, 0) is 6.54 Å². The van der Waals surface area contributed by atoms with Crippen LogP contribution >= 0.6 is 11.6 Å². The van der Waals surface area contributed by atoms with Crippen molar-refractivity contribution in [1.82, 2.24) is 5.32 Å². The van der Waals surface area contributed by atoms with Crippen molar-refractivity contribution in [3.63, 3.8) is 0 Å². The van der Waals surface area contributed by atoms with Crippen molar-refractivity contribution in [2.45, 2.75) is 52.6 Å².